The predicted molar refractivity (Wildman–Crippen MR) is 138 cm³/mol. The van der Waals surface area contributed by atoms with Crippen LogP contribution < -0.4 is 10.1 Å². The second kappa shape index (κ2) is 9.34. The zero-order valence-electron chi connectivity index (χ0n) is 21.7. The number of amides is 2. The molecule has 1 atom stereocenters. The molecule has 2 saturated heterocycles. The molecule has 0 unspecified atom stereocenters. The second-order valence-corrected chi connectivity index (χ2v) is 10.8. The SMILES string of the molecule is COc1ccc2c3c([nH]c2c1)[C@H](CO)N(C(=O)Nc1c(C)noc1C)CC31CN(CC2CCOCC2)C1. The number of H-pyrrole nitrogens is 1. The summed E-state index contributed by atoms with van der Waals surface area (Å²) >= 11 is 0. The van der Waals surface area contributed by atoms with Crippen molar-refractivity contribution in [1.82, 2.24) is 19.9 Å². The van der Waals surface area contributed by atoms with Crippen LogP contribution in [0.3, 0.4) is 0 Å². The molecule has 2 amide bonds. The first-order valence-electron chi connectivity index (χ1n) is 13.0. The Morgan fingerprint density at radius 3 is 2.73 bits per heavy atom. The van der Waals surface area contributed by atoms with Gasteiger partial charge in [-0.15, -0.1) is 0 Å². The lowest BCUT2D eigenvalue weighted by atomic mass is 9.68. The molecule has 2 aromatic heterocycles. The van der Waals surface area contributed by atoms with Gasteiger partial charge >= 0.3 is 6.03 Å². The van der Waals surface area contributed by atoms with E-state index in [9.17, 15) is 9.90 Å². The number of ether oxygens (including phenoxy) is 2. The molecule has 3 aromatic rings. The van der Waals surface area contributed by atoms with Gasteiger partial charge in [0.25, 0.3) is 0 Å². The van der Waals surface area contributed by atoms with Crippen LogP contribution in [0, 0.1) is 19.8 Å². The van der Waals surface area contributed by atoms with E-state index in [4.69, 9.17) is 14.0 Å². The van der Waals surface area contributed by atoms with Gasteiger partial charge in [-0.1, -0.05) is 5.16 Å². The van der Waals surface area contributed by atoms with E-state index >= 15 is 0 Å². The van der Waals surface area contributed by atoms with Gasteiger partial charge in [0.2, 0.25) is 0 Å². The van der Waals surface area contributed by atoms with Crippen molar-refractivity contribution in [2.24, 2.45) is 5.92 Å². The van der Waals surface area contributed by atoms with Crippen LogP contribution in [-0.2, 0) is 10.2 Å². The van der Waals surface area contributed by atoms with E-state index in [0.29, 0.717) is 29.6 Å². The summed E-state index contributed by atoms with van der Waals surface area (Å²) in [6, 6.07) is 5.30. The van der Waals surface area contributed by atoms with Crippen LogP contribution in [0.2, 0.25) is 0 Å². The topological polar surface area (TPSA) is 116 Å². The average Bonchev–Trinajstić information content (AvgIpc) is 3.43. The summed E-state index contributed by atoms with van der Waals surface area (Å²) in [7, 11) is 1.66. The Morgan fingerprint density at radius 2 is 2.05 bits per heavy atom. The molecule has 198 valence electrons. The molecule has 10 nitrogen and oxygen atoms in total. The number of nitrogens with zero attached hydrogens (tertiary/aromatic N) is 3. The number of urea groups is 1. The molecule has 0 saturated carbocycles. The maximum absolute atomic E-state index is 13.7. The van der Waals surface area contributed by atoms with Crippen LogP contribution in [0.15, 0.2) is 22.7 Å². The van der Waals surface area contributed by atoms with Crippen LogP contribution >= 0.6 is 0 Å². The first kappa shape index (κ1) is 24.3. The molecule has 37 heavy (non-hydrogen) atoms. The first-order valence-corrected chi connectivity index (χ1v) is 13.0. The number of anilines is 1. The standard InChI is InChI=1S/C27H35N5O5/c1-16-24(17(2)37-30-16)29-26(34)32-15-27(13-31(14-27)11-18-6-8-36-9-7-18)23-20-5-4-19(35-3)10-21(20)28-25(23)22(32)12-33/h4-5,10,18,22,28,33H,6-9,11-15H2,1-3H3,(H,29,34)/t22-/m0/s1. The highest BCUT2D eigenvalue weighted by molar-refractivity contribution is 5.93. The number of aryl methyl sites for hydroxylation is 2. The monoisotopic (exact) mass is 509 g/mol. The van der Waals surface area contributed by atoms with Crippen molar-refractivity contribution < 1.29 is 23.9 Å². The van der Waals surface area contributed by atoms with Crippen LogP contribution in [0.25, 0.3) is 10.9 Å². The Kier molecular flexibility index (Phi) is 6.13. The molecule has 2 fully saturated rings. The van der Waals surface area contributed by atoms with Crippen molar-refractivity contribution in [3.05, 3.63) is 40.9 Å². The second-order valence-electron chi connectivity index (χ2n) is 10.8. The number of rotatable bonds is 5. The van der Waals surface area contributed by atoms with E-state index in [1.165, 1.54) is 5.56 Å². The quantitative estimate of drug-likeness (QED) is 0.483. The number of aromatic amines is 1. The number of carbonyl (C=O) groups is 1. The first-order chi connectivity index (χ1) is 17.9. The predicted octanol–water partition coefficient (Wildman–Crippen LogP) is 3.34. The van der Waals surface area contributed by atoms with Crippen LogP contribution in [0.1, 0.15) is 41.6 Å². The number of nitrogens with one attached hydrogen (secondary N) is 2. The van der Waals surface area contributed by atoms with E-state index in [-0.39, 0.29) is 18.1 Å². The minimum absolute atomic E-state index is 0.187. The van der Waals surface area contributed by atoms with Crippen LogP contribution in [0.4, 0.5) is 10.5 Å². The van der Waals surface area contributed by atoms with Gasteiger partial charge in [-0.2, -0.15) is 0 Å². The zero-order valence-corrected chi connectivity index (χ0v) is 21.7. The number of aliphatic hydroxyl groups is 1. The minimum atomic E-state index is -0.496. The van der Waals surface area contributed by atoms with E-state index < -0.39 is 6.04 Å². The third kappa shape index (κ3) is 4.07. The van der Waals surface area contributed by atoms with Gasteiger partial charge in [0, 0.05) is 67.5 Å². The molecule has 3 aliphatic heterocycles. The number of aliphatic hydroxyl groups excluding tert-OH is 1. The molecule has 3 N–H and O–H groups in total. The lowest BCUT2D eigenvalue weighted by Gasteiger charge is -2.56. The fourth-order valence-electron chi connectivity index (χ4n) is 6.55. The number of aromatic nitrogens is 2. The third-order valence-corrected chi connectivity index (χ3v) is 8.36. The van der Waals surface area contributed by atoms with Gasteiger partial charge in [-0.25, -0.2) is 4.79 Å². The highest BCUT2D eigenvalue weighted by atomic mass is 16.5. The Hall–Kier alpha value is -3.08. The Balaban J connectivity index is 1.36. The van der Waals surface area contributed by atoms with Gasteiger partial charge in [-0.05, 0) is 50.3 Å². The number of fused-ring (bicyclic) bond motifs is 4. The molecular formula is C27H35N5O5. The fraction of sp³-hybridized carbons (Fsp3) is 0.556. The van der Waals surface area contributed by atoms with E-state index in [1.54, 1.807) is 25.9 Å². The van der Waals surface area contributed by atoms with Gasteiger partial charge < -0.3 is 39.2 Å². The van der Waals surface area contributed by atoms with Crippen molar-refractivity contribution >= 4 is 22.6 Å². The molecule has 1 spiro atoms. The number of hydrogen-bond acceptors (Lipinski definition) is 7. The Bertz CT molecular complexity index is 1280. The maximum Gasteiger partial charge on any atom is 0.322 e. The summed E-state index contributed by atoms with van der Waals surface area (Å²) < 4.78 is 16.3. The van der Waals surface area contributed by atoms with Crippen molar-refractivity contribution in [3.8, 4) is 5.75 Å². The average molecular weight is 510 g/mol. The minimum Gasteiger partial charge on any atom is -0.497 e. The number of carbonyl (C=O) groups excluding carboxylic acids is 1. The Morgan fingerprint density at radius 1 is 1.27 bits per heavy atom. The molecule has 0 radical (unpaired) electrons. The summed E-state index contributed by atoms with van der Waals surface area (Å²) in [6.45, 7) is 8.37. The van der Waals surface area contributed by atoms with E-state index in [0.717, 1.165) is 68.0 Å². The smallest absolute Gasteiger partial charge is 0.322 e. The van der Waals surface area contributed by atoms with Crippen molar-refractivity contribution in [2.75, 3.05) is 58.4 Å². The molecule has 3 aliphatic rings. The number of methoxy groups -OCH3 is 1. The normalized spacial score (nSPS) is 21.7. The molecule has 6 rings (SSSR count). The molecule has 0 bridgehead atoms. The van der Waals surface area contributed by atoms with E-state index in [2.05, 4.69) is 26.4 Å². The Labute approximate surface area is 215 Å². The summed E-state index contributed by atoms with van der Waals surface area (Å²) in [4.78, 5) is 21.5. The number of benzene rings is 1. The van der Waals surface area contributed by atoms with E-state index in [1.807, 2.05) is 12.1 Å². The molecular weight excluding hydrogens is 474 g/mol. The van der Waals surface area contributed by atoms with Crippen molar-refractivity contribution in [2.45, 2.75) is 38.1 Å². The summed E-state index contributed by atoms with van der Waals surface area (Å²) in [5.74, 6) is 1.97. The molecule has 5 heterocycles. The molecule has 1 aromatic carbocycles. The zero-order chi connectivity index (χ0) is 25.7. The molecule has 0 aliphatic carbocycles. The number of hydrogen-bond donors (Lipinski definition) is 3. The van der Waals surface area contributed by atoms with Crippen molar-refractivity contribution in [1.29, 1.82) is 0 Å². The highest BCUT2D eigenvalue weighted by Crippen LogP contribution is 2.49. The lowest BCUT2D eigenvalue weighted by Crippen LogP contribution is -2.67. The van der Waals surface area contributed by atoms with Gasteiger partial charge in [0.15, 0.2) is 5.76 Å². The summed E-state index contributed by atoms with van der Waals surface area (Å²) in [5.41, 5.74) is 4.05. The van der Waals surface area contributed by atoms with Crippen LogP contribution in [-0.4, -0.2) is 84.2 Å². The fourth-order valence-corrected chi connectivity index (χ4v) is 6.55. The maximum atomic E-state index is 13.7. The number of likely N-dealkylation sites (tertiary alicyclic amines) is 1. The van der Waals surface area contributed by atoms with Gasteiger partial charge in [0.05, 0.1) is 19.8 Å². The van der Waals surface area contributed by atoms with Crippen LogP contribution in [0.5, 0.6) is 5.75 Å². The third-order valence-electron chi connectivity index (χ3n) is 8.36. The summed E-state index contributed by atoms with van der Waals surface area (Å²) in [6.07, 6.45) is 2.19. The summed E-state index contributed by atoms with van der Waals surface area (Å²) in [5, 5.41) is 18.6. The van der Waals surface area contributed by atoms with Gasteiger partial charge in [-0.3, -0.25) is 0 Å². The van der Waals surface area contributed by atoms with Gasteiger partial charge in [0.1, 0.15) is 17.1 Å². The lowest BCUT2D eigenvalue weighted by molar-refractivity contribution is -0.0119. The largest absolute Gasteiger partial charge is 0.497 e. The highest BCUT2D eigenvalue weighted by Gasteiger charge is 2.54. The van der Waals surface area contributed by atoms with Crippen molar-refractivity contribution in [3.63, 3.8) is 0 Å². The molecule has 10 heteroatoms.